The van der Waals surface area contributed by atoms with Crippen LogP contribution in [0.4, 0.5) is 0 Å². The molecule has 0 atom stereocenters. The van der Waals surface area contributed by atoms with E-state index in [0.717, 1.165) is 0 Å². The third kappa shape index (κ3) is 9.01. The zero-order chi connectivity index (χ0) is 10.3. The van der Waals surface area contributed by atoms with Gasteiger partial charge in [0.2, 0.25) is 5.91 Å². The number of rotatable bonds is 6. The highest BCUT2D eigenvalue weighted by Crippen LogP contribution is 1.85. The van der Waals surface area contributed by atoms with Crippen LogP contribution in [0.25, 0.3) is 0 Å². The first-order chi connectivity index (χ1) is 6.02. The first-order valence-corrected chi connectivity index (χ1v) is 4.49. The molecule has 0 aliphatic carbocycles. The van der Waals surface area contributed by atoms with Crippen LogP contribution >= 0.6 is 0 Å². The predicted octanol–water partition coefficient (Wildman–Crippen LogP) is -0.0628. The fourth-order valence-corrected chi connectivity index (χ4v) is 0.733. The van der Waals surface area contributed by atoms with Crippen molar-refractivity contribution >= 4 is 11.7 Å². The summed E-state index contributed by atoms with van der Waals surface area (Å²) in [6.45, 7) is 6.70. The molecule has 0 bridgehead atoms. The molecule has 76 valence electrons. The van der Waals surface area contributed by atoms with Crippen LogP contribution in [0, 0.1) is 5.92 Å². The zero-order valence-corrected chi connectivity index (χ0v) is 8.52. The van der Waals surface area contributed by atoms with Crippen molar-refractivity contribution in [2.24, 2.45) is 5.92 Å². The fourth-order valence-electron chi connectivity index (χ4n) is 0.733. The Bertz CT molecular complexity index is 178. The van der Waals surface area contributed by atoms with E-state index < -0.39 is 0 Å². The van der Waals surface area contributed by atoms with E-state index in [9.17, 15) is 9.59 Å². The van der Waals surface area contributed by atoms with Gasteiger partial charge >= 0.3 is 0 Å². The smallest absolute Gasteiger partial charge is 0.233 e. The monoisotopic (exact) mass is 186 g/mol. The van der Waals surface area contributed by atoms with Gasteiger partial charge in [0.25, 0.3) is 0 Å². The van der Waals surface area contributed by atoms with E-state index in [1.165, 1.54) is 6.92 Å². The van der Waals surface area contributed by atoms with Crippen molar-refractivity contribution in [1.29, 1.82) is 0 Å². The highest BCUT2D eigenvalue weighted by Gasteiger charge is 2.01. The molecule has 0 aromatic carbocycles. The lowest BCUT2D eigenvalue weighted by molar-refractivity contribution is -0.120. The second-order valence-corrected chi connectivity index (χ2v) is 3.50. The van der Waals surface area contributed by atoms with E-state index in [1.807, 2.05) is 13.8 Å². The molecular formula is C9H18N2O2. The van der Waals surface area contributed by atoms with Crippen molar-refractivity contribution in [3.8, 4) is 0 Å². The summed E-state index contributed by atoms with van der Waals surface area (Å²) in [6, 6.07) is 0. The molecule has 0 aromatic heterocycles. The Hall–Kier alpha value is -0.900. The van der Waals surface area contributed by atoms with E-state index in [0.29, 0.717) is 12.5 Å². The van der Waals surface area contributed by atoms with E-state index in [2.05, 4.69) is 10.6 Å². The lowest BCUT2D eigenvalue weighted by atomic mass is 10.2. The molecule has 4 nitrogen and oxygen atoms in total. The van der Waals surface area contributed by atoms with Crippen molar-refractivity contribution in [3.05, 3.63) is 0 Å². The van der Waals surface area contributed by atoms with Crippen LogP contribution in [0.5, 0.6) is 0 Å². The van der Waals surface area contributed by atoms with E-state index in [-0.39, 0.29) is 24.8 Å². The van der Waals surface area contributed by atoms with Gasteiger partial charge in [0.15, 0.2) is 0 Å². The zero-order valence-electron chi connectivity index (χ0n) is 8.52. The van der Waals surface area contributed by atoms with E-state index in [4.69, 9.17) is 0 Å². The highest BCUT2D eigenvalue weighted by molar-refractivity contribution is 5.80. The van der Waals surface area contributed by atoms with Crippen LogP contribution in [0.15, 0.2) is 0 Å². The Balaban J connectivity index is 3.35. The fraction of sp³-hybridized carbons (Fsp3) is 0.778. The molecule has 4 heteroatoms. The topological polar surface area (TPSA) is 58.2 Å². The van der Waals surface area contributed by atoms with Gasteiger partial charge < -0.3 is 10.6 Å². The molecule has 13 heavy (non-hydrogen) atoms. The number of nitrogens with one attached hydrogen (secondary N) is 2. The Morgan fingerprint density at radius 1 is 1.23 bits per heavy atom. The van der Waals surface area contributed by atoms with Gasteiger partial charge in [0.05, 0.1) is 13.1 Å². The maximum Gasteiger partial charge on any atom is 0.233 e. The number of hydrogen-bond acceptors (Lipinski definition) is 3. The van der Waals surface area contributed by atoms with Crippen molar-refractivity contribution in [1.82, 2.24) is 10.6 Å². The van der Waals surface area contributed by atoms with Crippen LogP contribution in [0.3, 0.4) is 0 Å². The largest absolute Gasteiger partial charge is 0.355 e. The summed E-state index contributed by atoms with van der Waals surface area (Å²) in [5.41, 5.74) is 0. The molecule has 0 unspecified atom stereocenters. The van der Waals surface area contributed by atoms with Crippen LogP contribution in [0.2, 0.25) is 0 Å². The van der Waals surface area contributed by atoms with Gasteiger partial charge in [-0.2, -0.15) is 0 Å². The molecule has 0 aliphatic heterocycles. The molecule has 0 aliphatic rings. The van der Waals surface area contributed by atoms with Gasteiger partial charge in [-0.3, -0.25) is 9.59 Å². The average molecular weight is 186 g/mol. The Labute approximate surface area is 79.1 Å². The number of Topliss-reactive ketones (excluding diaryl/α,β-unsaturated/α-hetero) is 1. The van der Waals surface area contributed by atoms with Gasteiger partial charge in [-0.1, -0.05) is 13.8 Å². The van der Waals surface area contributed by atoms with Crippen molar-refractivity contribution in [2.45, 2.75) is 20.8 Å². The van der Waals surface area contributed by atoms with Crippen molar-refractivity contribution in [2.75, 3.05) is 19.6 Å². The molecule has 0 saturated carbocycles. The summed E-state index contributed by atoms with van der Waals surface area (Å²) in [5.74, 6) is 0.434. The second-order valence-electron chi connectivity index (χ2n) is 3.50. The first-order valence-electron chi connectivity index (χ1n) is 4.49. The number of amides is 1. The minimum Gasteiger partial charge on any atom is -0.355 e. The van der Waals surface area contributed by atoms with E-state index in [1.54, 1.807) is 0 Å². The molecule has 0 rings (SSSR count). The molecule has 1 amide bonds. The molecular weight excluding hydrogens is 168 g/mol. The van der Waals surface area contributed by atoms with Crippen molar-refractivity contribution < 1.29 is 9.59 Å². The molecule has 0 fully saturated rings. The van der Waals surface area contributed by atoms with Crippen LogP contribution in [-0.2, 0) is 9.59 Å². The lowest BCUT2D eigenvalue weighted by Crippen LogP contribution is -2.37. The third-order valence-corrected chi connectivity index (χ3v) is 1.37. The van der Waals surface area contributed by atoms with Crippen LogP contribution in [-0.4, -0.2) is 31.3 Å². The van der Waals surface area contributed by atoms with Gasteiger partial charge in [0, 0.05) is 6.54 Å². The second kappa shape index (κ2) is 6.60. The molecule has 0 spiro atoms. The summed E-state index contributed by atoms with van der Waals surface area (Å²) in [6.07, 6.45) is 0. The third-order valence-electron chi connectivity index (χ3n) is 1.37. The molecule has 0 aromatic rings. The Kier molecular flexibility index (Phi) is 6.14. The average Bonchev–Trinajstić information content (AvgIpc) is 2.00. The summed E-state index contributed by atoms with van der Waals surface area (Å²) in [5, 5.41) is 5.49. The molecule has 0 saturated heterocycles. The quantitative estimate of drug-likeness (QED) is 0.611. The number of hydrogen-bond donors (Lipinski definition) is 2. The summed E-state index contributed by atoms with van der Waals surface area (Å²) in [4.78, 5) is 21.5. The number of carbonyl (C=O) groups excluding carboxylic acids is 2. The predicted molar refractivity (Wildman–Crippen MR) is 51.4 cm³/mol. The molecule has 0 heterocycles. The first kappa shape index (κ1) is 12.1. The molecule has 2 N–H and O–H groups in total. The number of ketones is 1. The lowest BCUT2D eigenvalue weighted by Gasteiger charge is -2.07. The van der Waals surface area contributed by atoms with Crippen LogP contribution < -0.4 is 10.6 Å². The summed E-state index contributed by atoms with van der Waals surface area (Å²) < 4.78 is 0. The van der Waals surface area contributed by atoms with Gasteiger partial charge in [0.1, 0.15) is 5.78 Å². The minimum absolute atomic E-state index is 0.0386. The number of carbonyl (C=O) groups is 2. The highest BCUT2D eigenvalue weighted by atomic mass is 16.2. The molecule has 0 radical (unpaired) electrons. The van der Waals surface area contributed by atoms with Crippen LogP contribution in [0.1, 0.15) is 20.8 Å². The summed E-state index contributed by atoms with van der Waals surface area (Å²) >= 11 is 0. The van der Waals surface area contributed by atoms with E-state index >= 15 is 0 Å². The van der Waals surface area contributed by atoms with Crippen molar-refractivity contribution in [3.63, 3.8) is 0 Å². The SMILES string of the molecule is CC(=O)CNCC(=O)NCC(C)C. The van der Waals surface area contributed by atoms with Gasteiger partial charge in [-0.25, -0.2) is 0 Å². The van der Waals surface area contributed by atoms with Gasteiger partial charge in [-0.05, 0) is 12.8 Å². The van der Waals surface area contributed by atoms with Gasteiger partial charge in [-0.15, -0.1) is 0 Å². The maximum atomic E-state index is 11.0. The summed E-state index contributed by atoms with van der Waals surface area (Å²) in [7, 11) is 0. The standard InChI is InChI=1S/C9H18N2O2/c1-7(2)4-11-9(13)6-10-5-8(3)12/h7,10H,4-6H2,1-3H3,(H,11,13). The minimum atomic E-state index is -0.0602. The maximum absolute atomic E-state index is 11.0. The Morgan fingerprint density at radius 3 is 2.31 bits per heavy atom. The Morgan fingerprint density at radius 2 is 1.85 bits per heavy atom. The normalized spacial score (nSPS) is 10.2.